The molecule has 4 rings (SSSR count). The van der Waals surface area contributed by atoms with E-state index in [1.54, 1.807) is 67.6 Å². The second-order valence-corrected chi connectivity index (χ2v) is 9.52. The molecular formula is C26H24N2O5S. The number of hydrogen-bond donors (Lipinski definition) is 0. The Bertz CT molecular complexity index is 1410. The van der Waals surface area contributed by atoms with Crippen molar-refractivity contribution < 1.29 is 22.7 Å². The fourth-order valence-electron chi connectivity index (χ4n) is 3.47. The zero-order valence-corrected chi connectivity index (χ0v) is 19.9. The van der Waals surface area contributed by atoms with Crippen molar-refractivity contribution in [3.05, 3.63) is 95.7 Å². The third-order valence-electron chi connectivity index (χ3n) is 5.16. The molecule has 0 spiro atoms. The molecule has 0 bridgehead atoms. The monoisotopic (exact) mass is 476 g/mol. The Morgan fingerprint density at radius 1 is 0.912 bits per heavy atom. The van der Waals surface area contributed by atoms with Crippen LogP contribution < -0.4 is 9.47 Å². The molecule has 0 aliphatic carbocycles. The van der Waals surface area contributed by atoms with E-state index in [4.69, 9.17) is 9.47 Å². The third kappa shape index (κ3) is 4.58. The number of nitrogens with zero attached hydrogens (tertiary/aromatic N) is 2. The van der Waals surface area contributed by atoms with Crippen molar-refractivity contribution in [2.24, 2.45) is 0 Å². The number of ether oxygens (including phenoxy) is 2. The molecule has 0 aliphatic heterocycles. The van der Waals surface area contributed by atoms with Crippen molar-refractivity contribution in [1.29, 1.82) is 0 Å². The van der Waals surface area contributed by atoms with E-state index in [0.29, 0.717) is 18.0 Å². The smallest absolute Gasteiger partial charge is 0.344 e. The Hall–Kier alpha value is -3.91. The summed E-state index contributed by atoms with van der Waals surface area (Å²) in [5, 5.41) is 4.42. The topological polar surface area (TPSA) is 87.5 Å². The molecule has 8 heteroatoms. The van der Waals surface area contributed by atoms with Crippen LogP contribution in [-0.2, 0) is 9.84 Å². The summed E-state index contributed by atoms with van der Waals surface area (Å²) in [5.74, 6) is -0.254. The van der Waals surface area contributed by atoms with Crippen LogP contribution in [0.5, 0.6) is 11.6 Å². The second-order valence-electron chi connectivity index (χ2n) is 7.63. The Morgan fingerprint density at radius 3 is 2.18 bits per heavy atom. The number of aryl methyl sites for hydroxylation is 2. The Balaban J connectivity index is 1.82. The maximum atomic E-state index is 13.6. The van der Waals surface area contributed by atoms with Gasteiger partial charge in [0.1, 0.15) is 5.75 Å². The lowest BCUT2D eigenvalue weighted by atomic mass is 10.2. The lowest BCUT2D eigenvalue weighted by Crippen LogP contribution is -2.14. The van der Waals surface area contributed by atoms with Gasteiger partial charge in [0.05, 0.1) is 28.4 Å². The van der Waals surface area contributed by atoms with Gasteiger partial charge in [-0.25, -0.2) is 13.2 Å². The molecule has 4 aromatic rings. The van der Waals surface area contributed by atoms with Crippen molar-refractivity contribution in [3.8, 4) is 17.3 Å². The van der Waals surface area contributed by atoms with E-state index in [0.717, 1.165) is 5.56 Å². The van der Waals surface area contributed by atoms with Crippen molar-refractivity contribution in [3.63, 3.8) is 0 Å². The van der Waals surface area contributed by atoms with Gasteiger partial charge in [-0.2, -0.15) is 9.78 Å². The van der Waals surface area contributed by atoms with Crippen LogP contribution in [0.3, 0.4) is 0 Å². The molecule has 0 fully saturated rings. The Kier molecular flexibility index (Phi) is 6.51. The Labute approximate surface area is 198 Å². The lowest BCUT2D eigenvalue weighted by molar-refractivity contribution is 0.0718. The maximum absolute atomic E-state index is 13.6. The summed E-state index contributed by atoms with van der Waals surface area (Å²) in [6.45, 7) is 5.82. The SMILES string of the molecule is CCOc1ccc(C(=O)Oc2c(S(=O)(=O)c3ccc(C)cc3)c(C)nn2-c2ccccc2)cc1. The molecule has 3 aromatic carbocycles. The van der Waals surface area contributed by atoms with Gasteiger partial charge < -0.3 is 9.47 Å². The average Bonchev–Trinajstić information content (AvgIpc) is 3.17. The molecule has 0 amide bonds. The lowest BCUT2D eigenvalue weighted by Gasteiger charge is -2.11. The zero-order valence-electron chi connectivity index (χ0n) is 19.1. The molecule has 0 unspecified atom stereocenters. The van der Waals surface area contributed by atoms with Crippen LogP contribution in [-0.4, -0.2) is 30.8 Å². The van der Waals surface area contributed by atoms with Gasteiger partial charge in [-0.3, -0.25) is 0 Å². The molecule has 0 saturated heterocycles. The summed E-state index contributed by atoms with van der Waals surface area (Å²) in [6, 6.07) is 21.9. The molecule has 0 saturated carbocycles. The minimum Gasteiger partial charge on any atom is -0.494 e. The number of sulfone groups is 1. The number of esters is 1. The highest BCUT2D eigenvalue weighted by Crippen LogP contribution is 2.35. The van der Waals surface area contributed by atoms with E-state index >= 15 is 0 Å². The maximum Gasteiger partial charge on any atom is 0.344 e. The molecule has 0 atom stereocenters. The van der Waals surface area contributed by atoms with Gasteiger partial charge in [-0.1, -0.05) is 35.9 Å². The van der Waals surface area contributed by atoms with Crippen molar-refractivity contribution in [2.75, 3.05) is 6.61 Å². The molecule has 0 aliphatic rings. The first-order valence-corrected chi connectivity index (χ1v) is 12.2. The number of carbonyl (C=O) groups is 1. The van der Waals surface area contributed by atoms with Crippen LogP contribution >= 0.6 is 0 Å². The van der Waals surface area contributed by atoms with Gasteiger partial charge in [-0.05, 0) is 69.3 Å². The highest BCUT2D eigenvalue weighted by Gasteiger charge is 2.32. The summed E-state index contributed by atoms with van der Waals surface area (Å²) in [4.78, 5) is 13.0. The summed E-state index contributed by atoms with van der Waals surface area (Å²) in [7, 11) is -4.03. The largest absolute Gasteiger partial charge is 0.494 e. The number of hydrogen-bond acceptors (Lipinski definition) is 6. The fourth-order valence-corrected chi connectivity index (χ4v) is 4.99. The van der Waals surface area contributed by atoms with Gasteiger partial charge in [0.15, 0.2) is 4.90 Å². The number of carbonyl (C=O) groups excluding carboxylic acids is 1. The van der Waals surface area contributed by atoms with E-state index in [9.17, 15) is 13.2 Å². The standard InChI is InChI=1S/C26H24N2O5S/c1-4-32-22-14-12-20(13-15-22)26(29)33-25-24(34(30,31)23-16-10-18(2)11-17-23)19(3)27-28(25)21-8-6-5-7-9-21/h5-17H,4H2,1-3H3. The van der Waals surface area contributed by atoms with Gasteiger partial charge in [-0.15, -0.1) is 0 Å². The van der Waals surface area contributed by atoms with Crippen LogP contribution in [0.2, 0.25) is 0 Å². The summed E-state index contributed by atoms with van der Waals surface area (Å²) >= 11 is 0. The average molecular weight is 477 g/mol. The van der Waals surface area contributed by atoms with Crippen LogP contribution in [0.15, 0.2) is 88.7 Å². The fraction of sp³-hybridized carbons (Fsp3) is 0.154. The zero-order chi connectivity index (χ0) is 24.3. The molecule has 1 heterocycles. The minimum atomic E-state index is -4.03. The van der Waals surface area contributed by atoms with Gasteiger partial charge in [0.2, 0.25) is 15.7 Å². The van der Waals surface area contributed by atoms with E-state index in [-0.39, 0.29) is 26.9 Å². The van der Waals surface area contributed by atoms with E-state index in [1.165, 1.54) is 16.8 Å². The van der Waals surface area contributed by atoms with Crippen molar-refractivity contribution in [1.82, 2.24) is 9.78 Å². The normalized spacial score (nSPS) is 11.3. The number of aromatic nitrogens is 2. The number of para-hydroxylation sites is 1. The predicted molar refractivity (Wildman–Crippen MR) is 128 cm³/mol. The molecule has 0 radical (unpaired) electrons. The highest BCUT2D eigenvalue weighted by atomic mass is 32.2. The first kappa shape index (κ1) is 23.3. The van der Waals surface area contributed by atoms with Gasteiger partial charge in [0, 0.05) is 0 Å². The van der Waals surface area contributed by atoms with E-state index in [2.05, 4.69) is 5.10 Å². The quantitative estimate of drug-likeness (QED) is 0.351. The van der Waals surface area contributed by atoms with Gasteiger partial charge in [0.25, 0.3) is 0 Å². The van der Waals surface area contributed by atoms with Crippen LogP contribution in [0.4, 0.5) is 0 Å². The first-order valence-electron chi connectivity index (χ1n) is 10.7. The van der Waals surface area contributed by atoms with Crippen LogP contribution in [0.25, 0.3) is 5.69 Å². The molecule has 1 aromatic heterocycles. The molecule has 0 N–H and O–H groups in total. The second kappa shape index (κ2) is 9.52. The highest BCUT2D eigenvalue weighted by molar-refractivity contribution is 7.91. The molecule has 34 heavy (non-hydrogen) atoms. The van der Waals surface area contributed by atoms with E-state index in [1.807, 2.05) is 19.9 Å². The summed E-state index contributed by atoms with van der Waals surface area (Å²) in [6.07, 6.45) is 0. The molecular weight excluding hydrogens is 452 g/mol. The van der Waals surface area contributed by atoms with Crippen molar-refractivity contribution in [2.45, 2.75) is 30.6 Å². The molecule has 7 nitrogen and oxygen atoms in total. The number of rotatable bonds is 7. The molecule has 174 valence electrons. The first-order chi connectivity index (χ1) is 16.3. The summed E-state index contributed by atoms with van der Waals surface area (Å²) in [5.41, 5.74) is 1.96. The van der Waals surface area contributed by atoms with Crippen LogP contribution in [0, 0.1) is 13.8 Å². The van der Waals surface area contributed by atoms with Crippen LogP contribution in [0.1, 0.15) is 28.5 Å². The Morgan fingerprint density at radius 2 is 1.56 bits per heavy atom. The third-order valence-corrected chi connectivity index (χ3v) is 7.06. The summed E-state index contributed by atoms with van der Waals surface area (Å²) < 4.78 is 39.7. The number of benzene rings is 3. The van der Waals surface area contributed by atoms with E-state index < -0.39 is 15.8 Å². The predicted octanol–water partition coefficient (Wildman–Crippen LogP) is 4.94. The van der Waals surface area contributed by atoms with Gasteiger partial charge >= 0.3 is 5.97 Å². The minimum absolute atomic E-state index is 0.0900. The van der Waals surface area contributed by atoms with Crippen molar-refractivity contribution >= 4 is 15.8 Å².